The molecule has 20 heavy (non-hydrogen) atoms. The highest BCUT2D eigenvalue weighted by Gasteiger charge is 2.17. The van der Waals surface area contributed by atoms with E-state index in [9.17, 15) is 13.9 Å². The Balaban J connectivity index is 2.52. The number of aliphatic hydroxyl groups excluding tert-OH is 1. The van der Waals surface area contributed by atoms with Gasteiger partial charge in [0.1, 0.15) is 6.61 Å². The molecule has 0 aliphatic heterocycles. The summed E-state index contributed by atoms with van der Waals surface area (Å²) >= 11 is 3.51. The molecule has 0 bridgehead atoms. The molecule has 0 radical (unpaired) electrons. The predicted octanol–water partition coefficient (Wildman–Crippen LogP) is 2.80. The molecular weight excluding hydrogens is 334 g/mol. The van der Waals surface area contributed by atoms with Crippen molar-refractivity contribution in [1.29, 1.82) is 0 Å². The molecular formula is C13H21BrF2N2O2. The van der Waals surface area contributed by atoms with Gasteiger partial charge in [-0.05, 0) is 35.7 Å². The second kappa shape index (κ2) is 8.69. The highest BCUT2D eigenvalue weighted by molar-refractivity contribution is 9.10. The molecule has 4 nitrogen and oxygen atoms in total. The summed E-state index contributed by atoms with van der Waals surface area (Å²) in [6.07, 6.45) is -1.52. The van der Waals surface area contributed by atoms with E-state index in [0.29, 0.717) is 12.8 Å². The number of hydrogen-bond donors (Lipinski definition) is 1. The van der Waals surface area contributed by atoms with Crippen LogP contribution >= 0.6 is 15.9 Å². The van der Waals surface area contributed by atoms with E-state index in [-0.39, 0.29) is 6.61 Å². The van der Waals surface area contributed by atoms with Crippen molar-refractivity contribution >= 4 is 15.9 Å². The van der Waals surface area contributed by atoms with Crippen LogP contribution in [0.1, 0.15) is 31.7 Å². The summed E-state index contributed by atoms with van der Waals surface area (Å²) in [5.41, 5.74) is 1.90. The lowest BCUT2D eigenvalue weighted by Crippen LogP contribution is -2.18. The molecule has 7 heteroatoms. The maximum Gasteiger partial charge on any atom is 0.261 e. The molecule has 116 valence electrons. The van der Waals surface area contributed by atoms with Crippen LogP contribution < -0.4 is 0 Å². The van der Waals surface area contributed by atoms with E-state index in [4.69, 9.17) is 4.74 Å². The average molecular weight is 355 g/mol. The van der Waals surface area contributed by atoms with E-state index < -0.39 is 19.1 Å². The molecule has 1 rings (SSSR count). The lowest BCUT2D eigenvalue weighted by Gasteiger charge is -2.12. The molecule has 0 spiro atoms. The van der Waals surface area contributed by atoms with E-state index in [1.54, 1.807) is 0 Å². The van der Waals surface area contributed by atoms with E-state index in [0.717, 1.165) is 28.8 Å². The molecule has 0 amide bonds. The van der Waals surface area contributed by atoms with E-state index in [1.807, 2.05) is 18.5 Å². The first-order valence-corrected chi connectivity index (χ1v) is 7.56. The number of rotatable bonds is 9. The Hall–Kier alpha value is -0.530. The second-order valence-electron chi connectivity index (χ2n) is 4.49. The lowest BCUT2D eigenvalue weighted by molar-refractivity contribution is 0.00493. The summed E-state index contributed by atoms with van der Waals surface area (Å²) < 4.78 is 31.3. The van der Waals surface area contributed by atoms with E-state index in [1.165, 1.54) is 0 Å². The van der Waals surface area contributed by atoms with Crippen LogP contribution in [0.2, 0.25) is 0 Å². The number of ether oxygens (including phenoxy) is 1. The molecule has 1 heterocycles. The van der Waals surface area contributed by atoms with Crippen molar-refractivity contribution in [2.24, 2.45) is 0 Å². The SMILES string of the molecule is CCc1nn(CC)c(CC(O)CCOCC(F)F)c1Br. The monoisotopic (exact) mass is 354 g/mol. The molecule has 0 aromatic carbocycles. The fraction of sp³-hybridized carbons (Fsp3) is 0.769. The first kappa shape index (κ1) is 17.5. The predicted molar refractivity (Wildman–Crippen MR) is 76.1 cm³/mol. The van der Waals surface area contributed by atoms with Crippen LogP contribution in [0.5, 0.6) is 0 Å². The van der Waals surface area contributed by atoms with Gasteiger partial charge in [-0.15, -0.1) is 0 Å². The lowest BCUT2D eigenvalue weighted by atomic mass is 10.1. The topological polar surface area (TPSA) is 47.3 Å². The van der Waals surface area contributed by atoms with Crippen molar-refractivity contribution in [3.8, 4) is 0 Å². The molecule has 1 atom stereocenters. The number of aromatic nitrogens is 2. The van der Waals surface area contributed by atoms with Crippen molar-refractivity contribution in [3.63, 3.8) is 0 Å². The highest BCUT2D eigenvalue weighted by Crippen LogP contribution is 2.24. The van der Waals surface area contributed by atoms with Gasteiger partial charge < -0.3 is 9.84 Å². The Bertz CT molecular complexity index is 413. The van der Waals surface area contributed by atoms with Crippen LogP contribution in [0.4, 0.5) is 8.78 Å². The Morgan fingerprint density at radius 3 is 2.65 bits per heavy atom. The molecule has 0 fully saturated rings. The Morgan fingerprint density at radius 2 is 2.10 bits per heavy atom. The van der Waals surface area contributed by atoms with Crippen molar-refractivity contribution in [2.75, 3.05) is 13.2 Å². The van der Waals surface area contributed by atoms with Crippen molar-refractivity contribution < 1.29 is 18.6 Å². The summed E-state index contributed by atoms with van der Waals surface area (Å²) in [4.78, 5) is 0. The van der Waals surface area contributed by atoms with E-state index >= 15 is 0 Å². The summed E-state index contributed by atoms with van der Waals surface area (Å²) in [6, 6.07) is 0. The summed E-state index contributed by atoms with van der Waals surface area (Å²) in [6.45, 7) is 4.28. The summed E-state index contributed by atoms with van der Waals surface area (Å²) in [5, 5.41) is 14.4. The molecule has 0 aliphatic carbocycles. The largest absolute Gasteiger partial charge is 0.393 e. The minimum atomic E-state index is -2.46. The molecule has 1 N–H and O–H groups in total. The fourth-order valence-electron chi connectivity index (χ4n) is 1.93. The van der Waals surface area contributed by atoms with Gasteiger partial charge in [-0.3, -0.25) is 4.68 Å². The number of alkyl halides is 2. The van der Waals surface area contributed by atoms with Crippen LogP contribution in [-0.2, 0) is 24.1 Å². The maximum atomic E-state index is 11.9. The van der Waals surface area contributed by atoms with Gasteiger partial charge in [-0.25, -0.2) is 8.78 Å². The fourth-order valence-corrected chi connectivity index (χ4v) is 2.66. The molecule has 0 saturated heterocycles. The van der Waals surface area contributed by atoms with Crippen LogP contribution in [0.3, 0.4) is 0 Å². The number of nitrogens with zero attached hydrogens (tertiary/aromatic N) is 2. The van der Waals surface area contributed by atoms with Gasteiger partial charge in [0.25, 0.3) is 6.43 Å². The average Bonchev–Trinajstić information content (AvgIpc) is 2.71. The molecule has 1 aromatic rings. The third-order valence-corrected chi connectivity index (χ3v) is 3.88. The molecule has 1 aromatic heterocycles. The number of halogens is 3. The zero-order valence-corrected chi connectivity index (χ0v) is 13.4. The zero-order valence-electron chi connectivity index (χ0n) is 11.8. The molecule has 0 aliphatic rings. The smallest absolute Gasteiger partial charge is 0.261 e. The zero-order chi connectivity index (χ0) is 15.1. The maximum absolute atomic E-state index is 11.9. The molecule has 0 saturated carbocycles. The van der Waals surface area contributed by atoms with Crippen LogP contribution in [0.25, 0.3) is 0 Å². The standard InChI is InChI=1S/C13H21BrF2N2O2/c1-3-10-13(14)11(18(4-2)17-10)7-9(19)5-6-20-8-12(15)16/h9,12,19H,3-8H2,1-2H3. The minimum Gasteiger partial charge on any atom is -0.393 e. The van der Waals surface area contributed by atoms with Gasteiger partial charge in [0.15, 0.2) is 0 Å². The van der Waals surface area contributed by atoms with Gasteiger partial charge in [0.2, 0.25) is 0 Å². The van der Waals surface area contributed by atoms with E-state index in [2.05, 4.69) is 21.0 Å². The summed E-state index contributed by atoms with van der Waals surface area (Å²) in [7, 11) is 0. The minimum absolute atomic E-state index is 0.129. The van der Waals surface area contributed by atoms with Gasteiger partial charge in [-0.1, -0.05) is 6.92 Å². The van der Waals surface area contributed by atoms with Crippen molar-refractivity contribution in [3.05, 3.63) is 15.9 Å². The highest BCUT2D eigenvalue weighted by atomic mass is 79.9. The third kappa shape index (κ3) is 5.10. The quantitative estimate of drug-likeness (QED) is 0.693. The third-order valence-electron chi connectivity index (χ3n) is 2.96. The van der Waals surface area contributed by atoms with Crippen LogP contribution in [-0.4, -0.2) is 40.6 Å². The first-order chi connectivity index (χ1) is 9.49. The Morgan fingerprint density at radius 1 is 1.40 bits per heavy atom. The van der Waals surface area contributed by atoms with Gasteiger partial charge in [0.05, 0.1) is 22.0 Å². The van der Waals surface area contributed by atoms with Gasteiger partial charge >= 0.3 is 0 Å². The Labute approximate surface area is 126 Å². The first-order valence-electron chi connectivity index (χ1n) is 6.77. The second-order valence-corrected chi connectivity index (χ2v) is 5.28. The van der Waals surface area contributed by atoms with Gasteiger partial charge in [-0.2, -0.15) is 5.10 Å². The number of hydrogen-bond acceptors (Lipinski definition) is 3. The van der Waals surface area contributed by atoms with Gasteiger partial charge in [0, 0.05) is 19.6 Å². The number of aliphatic hydroxyl groups is 1. The number of aryl methyl sites for hydroxylation is 2. The van der Waals surface area contributed by atoms with Crippen molar-refractivity contribution in [1.82, 2.24) is 9.78 Å². The molecule has 1 unspecified atom stereocenters. The summed E-state index contributed by atoms with van der Waals surface area (Å²) in [5.74, 6) is 0. The Kier molecular flexibility index (Phi) is 7.61. The normalized spacial score (nSPS) is 13.2. The van der Waals surface area contributed by atoms with Crippen molar-refractivity contribution in [2.45, 2.75) is 52.2 Å². The van der Waals surface area contributed by atoms with Crippen LogP contribution in [0, 0.1) is 0 Å². The van der Waals surface area contributed by atoms with Crippen LogP contribution in [0.15, 0.2) is 4.47 Å².